The fourth-order valence-corrected chi connectivity index (χ4v) is 11.5. The highest BCUT2D eigenvalue weighted by Crippen LogP contribution is 2.41. The van der Waals surface area contributed by atoms with Crippen LogP contribution in [0.15, 0.2) is 28.9 Å². The van der Waals surface area contributed by atoms with E-state index in [1.165, 1.54) is 0 Å². The Bertz CT molecular complexity index is 1100. The number of halogens is 1. The SMILES string of the molecule is CC(C)[Si](C#Cc1cccc2cc(OC(=O)N(C(C)(C)C)C(C)(C)C)nc(Br)c12)(C(C)C)C(C)C. The Morgan fingerprint density at radius 1 is 0.971 bits per heavy atom. The fraction of sp³-hybridized carbons (Fsp3) is 0.586. The molecule has 2 rings (SSSR count). The molecule has 0 atom stereocenters. The van der Waals surface area contributed by atoms with Crippen LogP contribution < -0.4 is 4.74 Å². The van der Waals surface area contributed by atoms with Crippen molar-refractivity contribution in [2.75, 3.05) is 0 Å². The van der Waals surface area contributed by atoms with Gasteiger partial charge >= 0.3 is 6.09 Å². The maximum absolute atomic E-state index is 13.2. The molecule has 1 aromatic heterocycles. The zero-order valence-corrected chi connectivity index (χ0v) is 26.2. The minimum absolute atomic E-state index is 0.272. The van der Waals surface area contributed by atoms with Gasteiger partial charge in [0.25, 0.3) is 0 Å². The van der Waals surface area contributed by atoms with E-state index in [1.807, 2.05) is 59.7 Å². The Hall–Kier alpha value is -1.84. The van der Waals surface area contributed by atoms with Crippen LogP contribution in [0.25, 0.3) is 10.8 Å². The first-order valence-corrected chi connectivity index (χ1v) is 15.6. The van der Waals surface area contributed by atoms with Gasteiger partial charge in [0.05, 0.1) is 0 Å². The molecule has 4 nitrogen and oxygen atoms in total. The predicted octanol–water partition coefficient (Wildman–Crippen LogP) is 8.96. The summed E-state index contributed by atoms with van der Waals surface area (Å²) in [5, 5.41) is 1.88. The number of aromatic nitrogens is 1. The van der Waals surface area contributed by atoms with Crippen molar-refractivity contribution in [3.05, 3.63) is 34.4 Å². The van der Waals surface area contributed by atoms with E-state index < -0.39 is 25.2 Å². The van der Waals surface area contributed by atoms with Gasteiger partial charge in [-0.1, -0.05) is 59.6 Å². The van der Waals surface area contributed by atoms with Crippen molar-refractivity contribution < 1.29 is 9.53 Å². The van der Waals surface area contributed by atoms with E-state index in [1.54, 1.807) is 4.90 Å². The Balaban J connectivity index is 2.56. The molecule has 0 fully saturated rings. The third-order valence-corrected chi connectivity index (χ3v) is 13.6. The second-order valence-corrected chi connectivity index (χ2v) is 18.7. The zero-order valence-electron chi connectivity index (χ0n) is 23.6. The van der Waals surface area contributed by atoms with Crippen molar-refractivity contribution in [3.63, 3.8) is 0 Å². The summed E-state index contributed by atoms with van der Waals surface area (Å²) in [6.07, 6.45) is -0.415. The summed E-state index contributed by atoms with van der Waals surface area (Å²) in [5.41, 5.74) is 5.65. The van der Waals surface area contributed by atoms with Crippen LogP contribution in [0.2, 0.25) is 16.6 Å². The topological polar surface area (TPSA) is 42.4 Å². The molecule has 1 heterocycles. The average Bonchev–Trinajstić information content (AvgIpc) is 2.64. The summed E-state index contributed by atoms with van der Waals surface area (Å²) >= 11 is 3.64. The van der Waals surface area contributed by atoms with Crippen LogP contribution in [-0.4, -0.2) is 35.1 Å². The van der Waals surface area contributed by atoms with Gasteiger partial charge in [0.1, 0.15) is 12.7 Å². The first-order chi connectivity index (χ1) is 15.9. The molecule has 1 amide bonds. The average molecular weight is 560 g/mol. The smallest absolute Gasteiger partial charge is 0.391 e. The van der Waals surface area contributed by atoms with Gasteiger partial charge in [0.2, 0.25) is 5.88 Å². The molecular formula is C29H43BrN2O2Si. The second kappa shape index (κ2) is 10.6. The molecule has 0 spiro atoms. The molecule has 2 aromatic rings. The number of nitrogens with zero attached hydrogens (tertiary/aromatic N) is 2. The molecule has 0 bridgehead atoms. The van der Waals surface area contributed by atoms with Crippen molar-refractivity contribution in [3.8, 4) is 17.3 Å². The molecule has 6 heteroatoms. The molecule has 0 radical (unpaired) electrons. The number of hydrogen-bond acceptors (Lipinski definition) is 3. The van der Waals surface area contributed by atoms with Crippen molar-refractivity contribution in [1.82, 2.24) is 9.88 Å². The van der Waals surface area contributed by atoms with Gasteiger partial charge in [-0.2, -0.15) is 0 Å². The van der Waals surface area contributed by atoms with Crippen molar-refractivity contribution in [1.29, 1.82) is 0 Å². The number of ether oxygens (including phenoxy) is 1. The lowest BCUT2D eigenvalue weighted by molar-refractivity contribution is 0.0459. The molecule has 1 aromatic carbocycles. The zero-order chi connectivity index (χ0) is 26.9. The maximum Gasteiger partial charge on any atom is 0.417 e. The second-order valence-electron chi connectivity index (χ2n) is 12.3. The van der Waals surface area contributed by atoms with Gasteiger partial charge in [-0.15, -0.1) is 5.54 Å². The van der Waals surface area contributed by atoms with Crippen LogP contribution in [-0.2, 0) is 0 Å². The van der Waals surface area contributed by atoms with Crippen LogP contribution in [0.4, 0.5) is 4.79 Å². The van der Waals surface area contributed by atoms with Crippen LogP contribution >= 0.6 is 15.9 Å². The lowest BCUT2D eigenvalue weighted by Gasteiger charge is -2.44. The molecular weight excluding hydrogens is 516 g/mol. The molecule has 0 aliphatic carbocycles. The number of pyridine rings is 1. The minimum atomic E-state index is -1.87. The summed E-state index contributed by atoms with van der Waals surface area (Å²) in [6.45, 7) is 25.9. The Morgan fingerprint density at radius 3 is 1.94 bits per heavy atom. The number of carbonyl (C=O) groups is 1. The van der Waals surface area contributed by atoms with Gasteiger partial charge in [0, 0.05) is 28.1 Å². The fourth-order valence-electron chi connectivity index (χ4n) is 5.69. The molecule has 0 saturated heterocycles. The van der Waals surface area contributed by atoms with E-state index in [2.05, 4.69) is 80.0 Å². The Kier molecular flexibility index (Phi) is 8.94. The van der Waals surface area contributed by atoms with Crippen LogP contribution in [0.5, 0.6) is 5.88 Å². The van der Waals surface area contributed by atoms with Crippen molar-refractivity contribution in [2.45, 2.75) is 111 Å². The quantitative estimate of drug-likeness (QED) is 0.213. The first kappa shape index (κ1) is 29.4. The lowest BCUT2D eigenvalue weighted by Crippen LogP contribution is -2.56. The number of fused-ring (bicyclic) bond motifs is 1. The molecule has 0 aliphatic rings. The predicted molar refractivity (Wildman–Crippen MR) is 155 cm³/mol. The van der Waals surface area contributed by atoms with Gasteiger partial charge in [0.15, 0.2) is 0 Å². The van der Waals surface area contributed by atoms with E-state index in [0.717, 1.165) is 16.3 Å². The van der Waals surface area contributed by atoms with Gasteiger partial charge < -0.3 is 4.74 Å². The number of hydrogen-bond donors (Lipinski definition) is 0. The summed E-state index contributed by atoms with van der Waals surface area (Å²) in [6, 6.07) is 7.89. The summed E-state index contributed by atoms with van der Waals surface area (Å²) in [7, 11) is -1.87. The summed E-state index contributed by atoms with van der Waals surface area (Å²) < 4.78 is 6.41. The standard InChI is InChI=1S/C29H43BrN2O2Si/c1-19(2)35(20(3)4,21(5)6)17-16-22-14-13-15-23-18-24(31-26(30)25(22)23)34-27(33)32(28(7,8)9)29(10,11)12/h13-15,18-21H,1-12H3. The maximum atomic E-state index is 13.2. The van der Waals surface area contributed by atoms with Crippen LogP contribution in [0, 0.1) is 11.5 Å². The number of benzene rings is 1. The summed E-state index contributed by atoms with van der Waals surface area (Å²) in [5.74, 6) is 3.83. The van der Waals surface area contributed by atoms with E-state index >= 15 is 0 Å². The minimum Gasteiger partial charge on any atom is -0.391 e. The number of rotatable bonds is 4. The van der Waals surface area contributed by atoms with E-state index in [4.69, 9.17) is 4.74 Å². The molecule has 0 aliphatic heterocycles. The molecule has 35 heavy (non-hydrogen) atoms. The first-order valence-electron chi connectivity index (χ1n) is 12.6. The van der Waals surface area contributed by atoms with Crippen LogP contribution in [0.3, 0.4) is 0 Å². The highest BCUT2D eigenvalue weighted by atomic mass is 79.9. The highest BCUT2D eigenvalue weighted by Gasteiger charge is 2.42. The van der Waals surface area contributed by atoms with Crippen LogP contribution in [0.1, 0.15) is 88.6 Å². The Morgan fingerprint density at radius 2 is 1.49 bits per heavy atom. The summed E-state index contributed by atoms with van der Waals surface area (Å²) in [4.78, 5) is 19.5. The molecule has 0 saturated carbocycles. The number of amides is 1. The van der Waals surface area contributed by atoms with Gasteiger partial charge in [-0.3, -0.25) is 4.90 Å². The van der Waals surface area contributed by atoms with E-state index in [9.17, 15) is 4.79 Å². The number of carbonyl (C=O) groups excluding carboxylic acids is 1. The monoisotopic (exact) mass is 558 g/mol. The third kappa shape index (κ3) is 6.30. The third-order valence-electron chi connectivity index (χ3n) is 6.79. The normalized spacial score (nSPS) is 12.8. The largest absolute Gasteiger partial charge is 0.417 e. The van der Waals surface area contributed by atoms with E-state index in [0.29, 0.717) is 21.2 Å². The van der Waals surface area contributed by atoms with E-state index in [-0.39, 0.29) is 5.88 Å². The van der Waals surface area contributed by atoms with Crippen molar-refractivity contribution >= 4 is 40.9 Å². The molecule has 192 valence electrons. The molecule has 0 N–H and O–H groups in total. The van der Waals surface area contributed by atoms with Gasteiger partial charge in [-0.05, 0) is 85.5 Å². The highest BCUT2D eigenvalue weighted by molar-refractivity contribution is 9.10. The van der Waals surface area contributed by atoms with Crippen molar-refractivity contribution in [2.24, 2.45) is 0 Å². The van der Waals surface area contributed by atoms with Gasteiger partial charge in [-0.25, -0.2) is 9.78 Å². The lowest BCUT2D eigenvalue weighted by atomic mass is 9.97. The Labute approximate surface area is 222 Å². The molecule has 0 unspecified atom stereocenters.